The normalized spacial score (nSPS) is 30.2. The summed E-state index contributed by atoms with van der Waals surface area (Å²) in [7, 11) is 0. The third kappa shape index (κ3) is 2.07. The summed E-state index contributed by atoms with van der Waals surface area (Å²) >= 11 is 1.39. The Bertz CT molecular complexity index is 621. The Labute approximate surface area is 118 Å². The van der Waals surface area contributed by atoms with Crippen molar-refractivity contribution >= 4 is 22.9 Å². The van der Waals surface area contributed by atoms with Crippen LogP contribution in [0.3, 0.4) is 0 Å². The van der Waals surface area contributed by atoms with Crippen LogP contribution in [0, 0.1) is 0 Å². The van der Waals surface area contributed by atoms with Crippen LogP contribution in [-0.2, 0) is 4.74 Å². The van der Waals surface area contributed by atoms with Gasteiger partial charge in [-0.15, -0.1) is 0 Å². The third-order valence-electron chi connectivity index (χ3n) is 3.27. The minimum atomic E-state index is -1.16. The number of thioether (sulfide) groups is 1. The molecule has 1 aliphatic heterocycles. The molecule has 3 heterocycles. The van der Waals surface area contributed by atoms with Crippen molar-refractivity contribution in [3.8, 4) is 0 Å². The number of fused-ring (bicyclic) bond motifs is 1. The van der Waals surface area contributed by atoms with Gasteiger partial charge < -0.3 is 20.1 Å². The second-order valence-electron chi connectivity index (χ2n) is 4.45. The second kappa shape index (κ2) is 5.26. The number of hydrogen-bond acceptors (Lipinski definition) is 8. The van der Waals surface area contributed by atoms with Gasteiger partial charge in [-0.05, 0) is 6.26 Å². The number of nitrogens with zero attached hydrogens (tertiary/aromatic N) is 4. The van der Waals surface area contributed by atoms with Crippen molar-refractivity contribution in [3.05, 3.63) is 12.5 Å². The smallest absolute Gasteiger partial charge is 0.189 e. The van der Waals surface area contributed by atoms with Crippen molar-refractivity contribution in [1.29, 1.82) is 0 Å². The fraction of sp³-hybridized carbons (Fsp3) is 0.545. The van der Waals surface area contributed by atoms with Crippen molar-refractivity contribution in [2.24, 2.45) is 0 Å². The summed E-state index contributed by atoms with van der Waals surface area (Å²) in [5, 5.41) is 29.5. The van der Waals surface area contributed by atoms with E-state index in [1.165, 1.54) is 18.1 Å². The van der Waals surface area contributed by atoms with Gasteiger partial charge in [-0.3, -0.25) is 4.57 Å². The molecule has 3 rings (SSSR count). The molecular weight excluding hydrogens is 284 g/mol. The molecule has 0 bridgehead atoms. The molecule has 0 aromatic carbocycles. The highest BCUT2D eigenvalue weighted by Gasteiger charge is 2.43. The van der Waals surface area contributed by atoms with Gasteiger partial charge in [0.2, 0.25) is 0 Å². The number of aromatic nitrogens is 4. The van der Waals surface area contributed by atoms with Gasteiger partial charge in [0.15, 0.2) is 17.0 Å². The highest BCUT2D eigenvalue weighted by molar-refractivity contribution is 7.98. The Morgan fingerprint density at radius 2 is 2.15 bits per heavy atom. The SMILES string of the molecule is CSc1ncc2ncn([C@@H]3O[C@H](CO)[C@@H](O)[C@H]3O)c2n1. The molecule has 1 aliphatic rings. The predicted molar refractivity (Wildman–Crippen MR) is 70.1 cm³/mol. The fourth-order valence-electron chi connectivity index (χ4n) is 2.21. The van der Waals surface area contributed by atoms with Gasteiger partial charge in [0.1, 0.15) is 23.8 Å². The topological polar surface area (TPSA) is 114 Å². The van der Waals surface area contributed by atoms with E-state index >= 15 is 0 Å². The molecule has 1 fully saturated rings. The first-order chi connectivity index (χ1) is 9.65. The molecule has 8 nitrogen and oxygen atoms in total. The monoisotopic (exact) mass is 298 g/mol. The fourth-order valence-corrected chi connectivity index (χ4v) is 2.54. The lowest BCUT2D eigenvalue weighted by Crippen LogP contribution is -2.33. The molecule has 0 unspecified atom stereocenters. The van der Waals surface area contributed by atoms with Crippen molar-refractivity contribution in [3.63, 3.8) is 0 Å². The molecular formula is C11H14N4O4S. The Kier molecular flexibility index (Phi) is 3.61. The molecule has 0 spiro atoms. The van der Waals surface area contributed by atoms with Crippen LogP contribution in [0.2, 0.25) is 0 Å². The molecule has 3 N–H and O–H groups in total. The zero-order valence-electron chi connectivity index (χ0n) is 10.6. The molecule has 1 saturated heterocycles. The van der Waals surface area contributed by atoms with Gasteiger partial charge in [0.25, 0.3) is 0 Å². The lowest BCUT2D eigenvalue weighted by Gasteiger charge is -2.16. The van der Waals surface area contributed by atoms with Crippen LogP contribution in [-0.4, -0.2) is 66.0 Å². The molecule has 20 heavy (non-hydrogen) atoms. The Morgan fingerprint density at radius 1 is 1.35 bits per heavy atom. The van der Waals surface area contributed by atoms with Crippen LogP contribution >= 0.6 is 11.8 Å². The first kappa shape index (κ1) is 13.7. The van der Waals surface area contributed by atoms with E-state index in [1.807, 2.05) is 6.26 Å². The number of aliphatic hydroxyl groups is 3. The van der Waals surface area contributed by atoms with E-state index in [4.69, 9.17) is 9.84 Å². The van der Waals surface area contributed by atoms with E-state index in [0.717, 1.165) is 0 Å². The van der Waals surface area contributed by atoms with Crippen molar-refractivity contribution in [1.82, 2.24) is 19.5 Å². The summed E-state index contributed by atoms with van der Waals surface area (Å²) in [6.45, 7) is -0.369. The van der Waals surface area contributed by atoms with E-state index in [-0.39, 0.29) is 6.61 Å². The van der Waals surface area contributed by atoms with Crippen LogP contribution in [0.15, 0.2) is 17.7 Å². The van der Waals surface area contributed by atoms with Gasteiger partial charge in [-0.1, -0.05) is 11.8 Å². The van der Waals surface area contributed by atoms with Crippen LogP contribution in [0.4, 0.5) is 0 Å². The van der Waals surface area contributed by atoms with Crippen LogP contribution in [0.25, 0.3) is 11.2 Å². The Hall–Kier alpha value is -1.26. The van der Waals surface area contributed by atoms with E-state index in [0.29, 0.717) is 16.3 Å². The molecule has 0 saturated carbocycles. The van der Waals surface area contributed by atoms with Crippen molar-refractivity contribution in [2.45, 2.75) is 29.7 Å². The molecule has 4 atom stereocenters. The minimum absolute atomic E-state index is 0.369. The predicted octanol–water partition coefficient (Wildman–Crippen LogP) is -0.840. The molecule has 2 aromatic rings. The van der Waals surface area contributed by atoms with E-state index in [2.05, 4.69) is 15.0 Å². The second-order valence-corrected chi connectivity index (χ2v) is 5.22. The average Bonchev–Trinajstić information content (AvgIpc) is 3.01. The maximum atomic E-state index is 10.0. The number of hydrogen-bond donors (Lipinski definition) is 3. The number of ether oxygens (including phenoxy) is 1. The van der Waals surface area contributed by atoms with Gasteiger partial charge in [-0.2, -0.15) is 0 Å². The summed E-state index contributed by atoms with van der Waals surface area (Å²) in [5.41, 5.74) is 1.08. The third-order valence-corrected chi connectivity index (χ3v) is 3.83. The highest BCUT2D eigenvalue weighted by atomic mass is 32.2. The van der Waals surface area contributed by atoms with Gasteiger partial charge in [0, 0.05) is 0 Å². The van der Waals surface area contributed by atoms with Crippen molar-refractivity contribution in [2.75, 3.05) is 12.9 Å². The largest absolute Gasteiger partial charge is 0.394 e. The van der Waals surface area contributed by atoms with E-state index in [9.17, 15) is 10.2 Å². The summed E-state index contributed by atoms with van der Waals surface area (Å²) in [4.78, 5) is 12.6. The van der Waals surface area contributed by atoms with Crippen LogP contribution < -0.4 is 0 Å². The maximum Gasteiger partial charge on any atom is 0.189 e. The number of rotatable bonds is 3. The maximum absolute atomic E-state index is 10.0. The minimum Gasteiger partial charge on any atom is -0.394 e. The Balaban J connectivity index is 2.02. The van der Waals surface area contributed by atoms with Gasteiger partial charge in [-0.25, -0.2) is 15.0 Å². The molecule has 0 amide bonds. The molecule has 108 valence electrons. The summed E-state index contributed by atoms with van der Waals surface area (Å²) in [6, 6.07) is 0. The summed E-state index contributed by atoms with van der Waals surface area (Å²) < 4.78 is 7.01. The average molecular weight is 298 g/mol. The number of aliphatic hydroxyl groups excluding tert-OH is 3. The highest BCUT2D eigenvalue weighted by Crippen LogP contribution is 2.31. The van der Waals surface area contributed by atoms with Gasteiger partial charge >= 0.3 is 0 Å². The zero-order chi connectivity index (χ0) is 14.3. The number of imidazole rings is 1. The molecule has 9 heteroatoms. The Morgan fingerprint density at radius 3 is 2.80 bits per heavy atom. The molecule has 0 aliphatic carbocycles. The van der Waals surface area contributed by atoms with Crippen LogP contribution in [0.5, 0.6) is 0 Å². The van der Waals surface area contributed by atoms with E-state index < -0.39 is 24.5 Å². The van der Waals surface area contributed by atoms with Gasteiger partial charge in [0.05, 0.1) is 19.1 Å². The first-order valence-corrected chi connectivity index (χ1v) is 7.24. The van der Waals surface area contributed by atoms with E-state index in [1.54, 1.807) is 10.8 Å². The quantitative estimate of drug-likeness (QED) is 0.496. The van der Waals surface area contributed by atoms with Crippen molar-refractivity contribution < 1.29 is 20.1 Å². The lowest BCUT2D eigenvalue weighted by molar-refractivity contribution is -0.0511. The summed E-state index contributed by atoms with van der Waals surface area (Å²) in [6.07, 6.45) is 0.956. The lowest BCUT2D eigenvalue weighted by atomic mass is 10.1. The van der Waals surface area contributed by atoms with Crippen LogP contribution in [0.1, 0.15) is 6.23 Å². The zero-order valence-corrected chi connectivity index (χ0v) is 11.4. The first-order valence-electron chi connectivity index (χ1n) is 6.01. The standard InChI is InChI=1S/C11H14N4O4S/c1-20-11-12-2-5-9(14-11)15(4-13-5)10-8(18)7(17)6(3-16)19-10/h2,4,6-8,10,16-18H,3H2,1H3/t6-,7-,8-,10-/m1/s1. The summed E-state index contributed by atoms with van der Waals surface area (Å²) in [5.74, 6) is 0. The molecule has 2 aromatic heterocycles. The molecule has 0 radical (unpaired) electrons.